The summed E-state index contributed by atoms with van der Waals surface area (Å²) >= 11 is 0. The van der Waals surface area contributed by atoms with Crippen LogP contribution in [-0.4, -0.2) is 48.6 Å². The van der Waals surface area contributed by atoms with Gasteiger partial charge < -0.3 is 19.3 Å². The zero-order valence-corrected chi connectivity index (χ0v) is 27.6. The maximum Gasteiger partial charge on any atom is 0.305 e. The van der Waals surface area contributed by atoms with Crippen LogP contribution in [0.5, 0.6) is 0 Å². The molecule has 1 rings (SSSR count). The molecule has 6 heteroatoms. The van der Waals surface area contributed by atoms with Crippen LogP contribution in [-0.2, 0) is 23.8 Å². The number of aliphatic hydroxyl groups is 1. The Morgan fingerprint density at radius 3 is 1.76 bits per heavy atom. The second kappa shape index (κ2) is 27.2. The van der Waals surface area contributed by atoms with E-state index in [0.717, 1.165) is 57.3 Å². The van der Waals surface area contributed by atoms with Crippen LogP contribution in [0.15, 0.2) is 12.2 Å². The quantitative estimate of drug-likeness (QED) is 0.0386. The molecule has 1 saturated heterocycles. The Morgan fingerprint density at radius 2 is 1.21 bits per heavy atom. The van der Waals surface area contributed by atoms with Crippen LogP contribution in [0, 0.1) is 5.92 Å². The molecule has 0 aromatic heterocycles. The number of hydrogen-bond acceptors (Lipinski definition) is 6. The molecule has 2 unspecified atom stereocenters. The minimum atomic E-state index is -0.968. The van der Waals surface area contributed by atoms with Gasteiger partial charge in [-0.1, -0.05) is 129 Å². The van der Waals surface area contributed by atoms with Crippen molar-refractivity contribution in [3.63, 3.8) is 0 Å². The van der Waals surface area contributed by atoms with Crippen molar-refractivity contribution in [1.29, 1.82) is 0 Å². The summed E-state index contributed by atoms with van der Waals surface area (Å²) in [5.74, 6) is 0.232. The van der Waals surface area contributed by atoms with Gasteiger partial charge in [0, 0.05) is 12.8 Å². The van der Waals surface area contributed by atoms with E-state index in [0.29, 0.717) is 25.0 Å². The molecule has 3 atom stereocenters. The molecular weight excluding hydrogens is 528 g/mol. The van der Waals surface area contributed by atoms with Crippen molar-refractivity contribution >= 4 is 11.9 Å². The number of carbonyl (C=O) groups is 2. The molecule has 0 amide bonds. The first-order valence-corrected chi connectivity index (χ1v) is 17.7. The highest BCUT2D eigenvalue weighted by Crippen LogP contribution is 2.30. The fraction of sp³-hybridized carbons (Fsp3) is 0.889. The van der Waals surface area contributed by atoms with E-state index in [1.807, 2.05) is 0 Å². The van der Waals surface area contributed by atoms with Gasteiger partial charge in [0.15, 0.2) is 0 Å². The smallest absolute Gasteiger partial charge is 0.305 e. The van der Waals surface area contributed by atoms with Crippen molar-refractivity contribution in [3.05, 3.63) is 12.2 Å². The average Bonchev–Trinajstić information content (AvgIpc) is 3.72. The van der Waals surface area contributed by atoms with Crippen LogP contribution in [0.3, 0.4) is 0 Å². The first kappa shape index (κ1) is 38.6. The summed E-state index contributed by atoms with van der Waals surface area (Å²) < 4.78 is 16.0. The average molecular weight is 595 g/mol. The lowest BCUT2D eigenvalue weighted by Gasteiger charge is -2.12. The number of esters is 2. The molecule has 42 heavy (non-hydrogen) atoms. The number of hydrogen-bond donors (Lipinski definition) is 1. The molecule has 1 aliphatic heterocycles. The summed E-state index contributed by atoms with van der Waals surface area (Å²) in [6, 6.07) is 0. The van der Waals surface area contributed by atoms with Crippen molar-refractivity contribution < 1.29 is 28.9 Å². The van der Waals surface area contributed by atoms with E-state index in [4.69, 9.17) is 14.2 Å². The highest BCUT2D eigenvalue weighted by Gasteiger charge is 2.36. The zero-order chi connectivity index (χ0) is 30.7. The Balaban J connectivity index is 1.83. The van der Waals surface area contributed by atoms with E-state index in [1.54, 1.807) is 0 Å². The van der Waals surface area contributed by atoms with Crippen molar-refractivity contribution in [3.8, 4) is 0 Å². The lowest BCUT2D eigenvalue weighted by molar-refractivity contribution is -0.152. The fourth-order valence-electron chi connectivity index (χ4n) is 5.28. The second-order valence-corrected chi connectivity index (χ2v) is 12.9. The van der Waals surface area contributed by atoms with Gasteiger partial charge in [-0.15, -0.1) is 0 Å². The second-order valence-electron chi connectivity index (χ2n) is 12.9. The highest BCUT2D eigenvalue weighted by molar-refractivity contribution is 5.69. The van der Waals surface area contributed by atoms with Gasteiger partial charge in [-0.3, -0.25) is 9.59 Å². The van der Waals surface area contributed by atoms with E-state index >= 15 is 0 Å². The lowest BCUT2D eigenvalue weighted by Crippen LogP contribution is -2.25. The molecule has 0 bridgehead atoms. The maximum absolute atomic E-state index is 11.9. The van der Waals surface area contributed by atoms with Gasteiger partial charge in [-0.2, -0.15) is 0 Å². The SMILES string of the molecule is CCCCCC1OC1C/C=C\CCCCCCCC(=O)OC[C@H](O)COC(=O)CCCCCCCCCCCC(C)C. The summed E-state index contributed by atoms with van der Waals surface area (Å²) in [7, 11) is 0. The monoisotopic (exact) mass is 594 g/mol. The van der Waals surface area contributed by atoms with E-state index in [2.05, 4.69) is 32.9 Å². The minimum absolute atomic E-state index is 0.120. The molecular formula is C36H66O6. The van der Waals surface area contributed by atoms with Crippen LogP contribution in [0.1, 0.15) is 168 Å². The van der Waals surface area contributed by atoms with Crippen LogP contribution in [0.4, 0.5) is 0 Å². The van der Waals surface area contributed by atoms with Crippen LogP contribution in [0.2, 0.25) is 0 Å². The van der Waals surface area contributed by atoms with Gasteiger partial charge in [0.1, 0.15) is 19.3 Å². The molecule has 0 saturated carbocycles. The predicted molar refractivity (Wildman–Crippen MR) is 172 cm³/mol. The molecule has 0 aromatic rings. The van der Waals surface area contributed by atoms with Gasteiger partial charge in [-0.25, -0.2) is 0 Å². The Bertz CT molecular complexity index is 676. The third-order valence-corrected chi connectivity index (χ3v) is 8.10. The van der Waals surface area contributed by atoms with Crippen molar-refractivity contribution in [2.75, 3.05) is 13.2 Å². The molecule has 1 heterocycles. The summed E-state index contributed by atoms with van der Waals surface area (Å²) in [5, 5.41) is 9.97. The minimum Gasteiger partial charge on any atom is -0.463 e. The number of unbranched alkanes of at least 4 members (excludes halogenated alkanes) is 15. The summed E-state index contributed by atoms with van der Waals surface area (Å²) in [6.45, 7) is 6.57. The number of epoxide rings is 1. The van der Waals surface area contributed by atoms with Crippen LogP contribution < -0.4 is 0 Å². The van der Waals surface area contributed by atoms with Crippen molar-refractivity contribution in [2.24, 2.45) is 5.92 Å². The number of rotatable bonds is 30. The maximum atomic E-state index is 11.9. The molecule has 0 spiro atoms. The third-order valence-electron chi connectivity index (χ3n) is 8.10. The lowest BCUT2D eigenvalue weighted by atomic mass is 10.0. The molecule has 0 aromatic carbocycles. The van der Waals surface area contributed by atoms with E-state index in [9.17, 15) is 14.7 Å². The first-order chi connectivity index (χ1) is 20.4. The fourth-order valence-corrected chi connectivity index (χ4v) is 5.28. The highest BCUT2D eigenvalue weighted by atomic mass is 16.6. The van der Waals surface area contributed by atoms with Gasteiger partial charge in [-0.05, 0) is 44.4 Å². The van der Waals surface area contributed by atoms with Gasteiger partial charge in [0.25, 0.3) is 0 Å². The third kappa shape index (κ3) is 25.1. The zero-order valence-electron chi connectivity index (χ0n) is 27.6. The predicted octanol–water partition coefficient (Wildman–Crippen LogP) is 9.41. The molecule has 0 radical (unpaired) electrons. The summed E-state index contributed by atoms with van der Waals surface area (Å²) in [5.41, 5.74) is 0. The van der Waals surface area contributed by atoms with E-state index in [1.165, 1.54) is 83.5 Å². The molecule has 1 aliphatic rings. The van der Waals surface area contributed by atoms with E-state index < -0.39 is 6.10 Å². The molecule has 1 N–H and O–H groups in total. The number of allylic oxidation sites excluding steroid dienone is 1. The molecule has 246 valence electrons. The summed E-state index contributed by atoms with van der Waals surface area (Å²) in [4.78, 5) is 23.8. The Labute approximate surface area is 258 Å². The van der Waals surface area contributed by atoms with Gasteiger partial charge in [0.2, 0.25) is 0 Å². The topological polar surface area (TPSA) is 85.4 Å². The van der Waals surface area contributed by atoms with Crippen molar-refractivity contribution in [2.45, 2.75) is 187 Å². The van der Waals surface area contributed by atoms with Crippen LogP contribution in [0.25, 0.3) is 0 Å². The number of carbonyl (C=O) groups excluding carboxylic acids is 2. The van der Waals surface area contributed by atoms with E-state index in [-0.39, 0.29) is 25.2 Å². The van der Waals surface area contributed by atoms with Gasteiger partial charge >= 0.3 is 11.9 Å². The Hall–Kier alpha value is -1.40. The van der Waals surface area contributed by atoms with Crippen molar-refractivity contribution in [1.82, 2.24) is 0 Å². The van der Waals surface area contributed by atoms with Crippen LogP contribution >= 0.6 is 0 Å². The Morgan fingerprint density at radius 1 is 0.690 bits per heavy atom. The standard InChI is InChI=1S/C36H66O6/c1-4-5-19-25-33-34(42-33)26-21-16-12-9-10-14-18-23-28-36(39)41-30-32(37)29-40-35(38)27-22-17-13-8-6-7-11-15-20-24-31(2)3/h16,21,31-34,37H,4-15,17-20,22-30H2,1-3H3/b21-16-/t32-,33?,34?/m1/s1. The summed E-state index contributed by atoms with van der Waals surface area (Å²) in [6.07, 6.45) is 30.1. The number of aliphatic hydroxyl groups excluding tert-OH is 1. The molecule has 6 nitrogen and oxygen atoms in total. The number of ether oxygens (including phenoxy) is 3. The molecule has 0 aliphatic carbocycles. The first-order valence-electron chi connectivity index (χ1n) is 17.7. The van der Waals surface area contributed by atoms with Gasteiger partial charge in [0.05, 0.1) is 12.2 Å². The normalized spacial score (nSPS) is 17.2. The largest absolute Gasteiger partial charge is 0.463 e. The Kier molecular flexibility index (Phi) is 25.0. The molecule has 1 fully saturated rings.